The molecule has 1 rings (SSSR count). The Kier molecular flexibility index (Phi) is 11.4. The summed E-state index contributed by atoms with van der Waals surface area (Å²) < 4.78 is 1.50. The summed E-state index contributed by atoms with van der Waals surface area (Å²) in [7, 11) is 0. The van der Waals surface area contributed by atoms with Crippen LogP contribution in [0.3, 0.4) is 0 Å². The molecule has 0 saturated carbocycles. The van der Waals surface area contributed by atoms with Crippen molar-refractivity contribution in [3.8, 4) is 0 Å². The Morgan fingerprint density at radius 2 is 1.96 bits per heavy atom. The first-order valence-electron chi connectivity index (χ1n) is 9.33. The molecule has 0 aliphatic heterocycles. The molecule has 0 unspecified atom stereocenters. The van der Waals surface area contributed by atoms with E-state index in [1.807, 2.05) is 0 Å². The molecule has 0 aliphatic rings. The number of nitrogens with one attached hydrogen (secondary N) is 2. The summed E-state index contributed by atoms with van der Waals surface area (Å²) in [4.78, 5) is 41.1. The van der Waals surface area contributed by atoms with Gasteiger partial charge in [0.1, 0.15) is 5.82 Å². The maximum absolute atomic E-state index is 12.0. The molecule has 1 aromatic rings. The van der Waals surface area contributed by atoms with Crippen molar-refractivity contribution in [3.05, 3.63) is 22.7 Å². The number of aliphatic imine (C=N–C) groups is 1. The van der Waals surface area contributed by atoms with E-state index in [1.54, 1.807) is 6.07 Å². The molecule has 1 aromatic heterocycles. The third kappa shape index (κ3) is 9.13. The minimum atomic E-state index is -0.350. The molecule has 144 valence electrons. The summed E-state index contributed by atoms with van der Waals surface area (Å²) in [5.41, 5.74) is -0.350. The van der Waals surface area contributed by atoms with Crippen molar-refractivity contribution in [2.45, 2.75) is 64.8 Å². The summed E-state index contributed by atoms with van der Waals surface area (Å²) in [6, 6.07) is 1.30. The first kappa shape index (κ1) is 21.6. The Balaban J connectivity index is 2.35. The first-order valence-corrected chi connectivity index (χ1v) is 9.33. The smallest absolute Gasteiger partial charge is 0.338 e. The first-order chi connectivity index (χ1) is 12.7. The normalized spacial score (nSPS) is 10.2. The van der Waals surface area contributed by atoms with Crippen LogP contribution in [0.1, 0.15) is 58.3 Å². The lowest BCUT2D eigenvalue weighted by Crippen LogP contribution is -2.33. The summed E-state index contributed by atoms with van der Waals surface area (Å²) in [5.74, 6) is 0.464. The van der Waals surface area contributed by atoms with Gasteiger partial charge in [0.25, 0.3) is 0 Å². The van der Waals surface area contributed by atoms with E-state index in [2.05, 4.69) is 27.5 Å². The van der Waals surface area contributed by atoms with Gasteiger partial charge in [0, 0.05) is 19.3 Å². The number of carbonyl (C=O) groups is 1. The molecule has 1 heterocycles. The third-order valence-electron chi connectivity index (χ3n) is 3.96. The van der Waals surface area contributed by atoms with Gasteiger partial charge in [-0.3, -0.25) is 9.88 Å². The van der Waals surface area contributed by atoms with Crippen molar-refractivity contribution in [1.29, 1.82) is 0 Å². The molecule has 26 heavy (non-hydrogen) atoms. The Bertz CT molecular complexity index is 638. The Morgan fingerprint density at radius 3 is 2.73 bits per heavy atom. The average molecular weight is 363 g/mol. The molecule has 0 saturated heterocycles. The lowest BCUT2D eigenvalue weighted by atomic mass is 10.2. The van der Waals surface area contributed by atoms with E-state index in [1.165, 1.54) is 16.8 Å². The summed E-state index contributed by atoms with van der Waals surface area (Å²) >= 11 is 0. The molecule has 0 bridgehead atoms. The maximum Gasteiger partial charge on any atom is 0.349 e. The predicted molar refractivity (Wildman–Crippen MR) is 101 cm³/mol. The van der Waals surface area contributed by atoms with Gasteiger partial charge in [0.15, 0.2) is 0 Å². The number of anilines is 1. The number of rotatable bonds is 13. The van der Waals surface area contributed by atoms with Crippen LogP contribution in [0.4, 0.5) is 10.6 Å². The average Bonchev–Trinajstić information content (AvgIpc) is 2.63. The second-order valence-electron chi connectivity index (χ2n) is 6.09. The predicted octanol–water partition coefficient (Wildman–Crippen LogP) is 2.84. The number of aromatic nitrogens is 2. The van der Waals surface area contributed by atoms with E-state index < -0.39 is 0 Å². The minimum Gasteiger partial charge on any atom is -0.338 e. The van der Waals surface area contributed by atoms with E-state index in [4.69, 9.17) is 0 Å². The number of amides is 2. The molecule has 0 atom stereocenters. The number of hydrogen-bond donors (Lipinski definition) is 2. The fraction of sp³-hybridized carbons (Fsp3) is 0.667. The fourth-order valence-corrected chi connectivity index (χ4v) is 2.53. The van der Waals surface area contributed by atoms with E-state index in [0.29, 0.717) is 25.5 Å². The van der Waals surface area contributed by atoms with E-state index in [9.17, 15) is 14.4 Å². The van der Waals surface area contributed by atoms with Crippen LogP contribution in [-0.2, 0) is 11.3 Å². The summed E-state index contributed by atoms with van der Waals surface area (Å²) in [6.07, 6.45) is 10.7. The highest BCUT2D eigenvalue weighted by molar-refractivity contribution is 5.88. The van der Waals surface area contributed by atoms with Crippen molar-refractivity contribution in [2.24, 2.45) is 4.99 Å². The minimum absolute atomic E-state index is 0.330. The van der Waals surface area contributed by atoms with Crippen LogP contribution in [0.2, 0.25) is 0 Å². The molecular weight excluding hydrogens is 334 g/mol. The monoisotopic (exact) mass is 363 g/mol. The third-order valence-corrected chi connectivity index (χ3v) is 3.96. The molecule has 2 amide bonds. The standard InChI is InChI=1S/C18H29N5O3/c1-2-3-4-9-14-23-16(10-13-21-18(23)26)22-17(25)20-12-8-6-5-7-11-19-15-24/h10,13H,2-9,11-12,14H2,1H3,(H2,20,22,25). The SMILES string of the molecule is CCCCCCn1c(NC(=O)NCCCCCCN=C=O)ccnc1=O. The number of isocyanates is 1. The van der Waals surface area contributed by atoms with Crippen molar-refractivity contribution < 1.29 is 9.59 Å². The van der Waals surface area contributed by atoms with Crippen LogP contribution in [0, 0.1) is 0 Å². The van der Waals surface area contributed by atoms with Crippen LogP contribution in [-0.4, -0.2) is 34.8 Å². The van der Waals surface area contributed by atoms with Gasteiger partial charge in [0.05, 0.1) is 6.54 Å². The summed E-state index contributed by atoms with van der Waals surface area (Å²) in [5, 5.41) is 5.51. The van der Waals surface area contributed by atoms with Crippen LogP contribution in [0.5, 0.6) is 0 Å². The molecule has 0 aromatic carbocycles. The molecule has 0 radical (unpaired) electrons. The Labute approximate surface area is 154 Å². The molecule has 0 fully saturated rings. The van der Waals surface area contributed by atoms with Crippen molar-refractivity contribution in [1.82, 2.24) is 14.9 Å². The van der Waals surface area contributed by atoms with Crippen molar-refractivity contribution in [3.63, 3.8) is 0 Å². The van der Waals surface area contributed by atoms with Gasteiger partial charge < -0.3 is 5.32 Å². The lowest BCUT2D eigenvalue weighted by Gasteiger charge is -2.13. The van der Waals surface area contributed by atoms with Gasteiger partial charge >= 0.3 is 11.7 Å². The van der Waals surface area contributed by atoms with Gasteiger partial charge in [-0.2, -0.15) is 0 Å². The lowest BCUT2D eigenvalue weighted by molar-refractivity contribution is 0.251. The van der Waals surface area contributed by atoms with E-state index >= 15 is 0 Å². The zero-order valence-electron chi connectivity index (χ0n) is 15.5. The van der Waals surface area contributed by atoms with Gasteiger partial charge in [-0.15, -0.1) is 0 Å². The number of hydrogen-bond acceptors (Lipinski definition) is 5. The van der Waals surface area contributed by atoms with E-state index in [0.717, 1.165) is 51.4 Å². The van der Waals surface area contributed by atoms with E-state index in [-0.39, 0.29) is 11.7 Å². The van der Waals surface area contributed by atoms with Crippen molar-refractivity contribution >= 4 is 17.9 Å². The molecule has 0 spiro atoms. The number of unbranched alkanes of at least 4 members (excludes halogenated alkanes) is 6. The highest BCUT2D eigenvalue weighted by Gasteiger charge is 2.07. The summed E-state index contributed by atoms with van der Waals surface area (Å²) in [6.45, 7) is 3.74. The van der Waals surface area contributed by atoms with Crippen LogP contribution in [0.15, 0.2) is 22.1 Å². The largest absolute Gasteiger partial charge is 0.349 e. The fourth-order valence-electron chi connectivity index (χ4n) is 2.53. The number of carbonyl (C=O) groups excluding carboxylic acids is 2. The van der Waals surface area contributed by atoms with Gasteiger partial charge in [0.2, 0.25) is 6.08 Å². The van der Waals surface area contributed by atoms with Crippen LogP contribution in [0.25, 0.3) is 0 Å². The van der Waals surface area contributed by atoms with Gasteiger partial charge in [-0.25, -0.2) is 24.4 Å². The molecule has 8 nitrogen and oxygen atoms in total. The second kappa shape index (κ2) is 13.8. The zero-order chi connectivity index (χ0) is 19.0. The Morgan fingerprint density at radius 1 is 1.19 bits per heavy atom. The molecular formula is C18H29N5O3. The Hall–Kier alpha value is -2.47. The van der Waals surface area contributed by atoms with Crippen molar-refractivity contribution in [2.75, 3.05) is 18.4 Å². The number of nitrogens with zero attached hydrogens (tertiary/aromatic N) is 3. The van der Waals surface area contributed by atoms with Crippen LogP contribution >= 0.6 is 0 Å². The zero-order valence-corrected chi connectivity index (χ0v) is 15.5. The molecule has 8 heteroatoms. The molecule has 0 aliphatic carbocycles. The second-order valence-corrected chi connectivity index (χ2v) is 6.09. The molecule has 2 N–H and O–H groups in total. The quantitative estimate of drug-likeness (QED) is 0.319. The van der Waals surface area contributed by atoms with Gasteiger partial charge in [-0.1, -0.05) is 39.0 Å². The van der Waals surface area contributed by atoms with Crippen LogP contribution < -0.4 is 16.3 Å². The highest BCUT2D eigenvalue weighted by Crippen LogP contribution is 2.07. The maximum atomic E-state index is 12.0. The van der Waals surface area contributed by atoms with Gasteiger partial charge in [-0.05, 0) is 25.3 Å². The number of urea groups is 1. The topological polar surface area (TPSA) is 105 Å². The highest BCUT2D eigenvalue weighted by atomic mass is 16.2.